The Labute approximate surface area is 110 Å². The zero-order valence-electron chi connectivity index (χ0n) is 10.1. The average Bonchev–Trinajstić information content (AvgIpc) is 2.40. The lowest BCUT2D eigenvalue weighted by Gasteiger charge is -2.10. The number of anilines is 1. The third-order valence-electron chi connectivity index (χ3n) is 2.44. The normalized spacial score (nSPS) is 11.5. The van der Waals surface area contributed by atoms with E-state index in [1.807, 2.05) is 0 Å². The molecule has 0 aliphatic heterocycles. The summed E-state index contributed by atoms with van der Waals surface area (Å²) < 4.78 is 64.7. The summed E-state index contributed by atoms with van der Waals surface area (Å²) in [5.41, 5.74) is -0.719. The second-order valence-electron chi connectivity index (χ2n) is 3.83. The van der Waals surface area contributed by atoms with Crippen LogP contribution in [0.15, 0.2) is 24.3 Å². The van der Waals surface area contributed by atoms with E-state index >= 15 is 0 Å². The third kappa shape index (κ3) is 2.84. The number of aromatic nitrogens is 2. The molecule has 0 unspecified atom stereocenters. The number of alkyl halides is 3. The van der Waals surface area contributed by atoms with Crippen LogP contribution in [0.5, 0.6) is 0 Å². The molecule has 8 heteroatoms. The number of nitrogens with zero attached hydrogens (tertiary/aromatic N) is 2. The van der Waals surface area contributed by atoms with Gasteiger partial charge in [-0.2, -0.15) is 13.2 Å². The summed E-state index contributed by atoms with van der Waals surface area (Å²) >= 11 is 0. The smallest absolute Gasteiger partial charge is 0.373 e. The van der Waals surface area contributed by atoms with Crippen LogP contribution in [0.2, 0.25) is 0 Å². The molecule has 1 aromatic carbocycles. The highest BCUT2D eigenvalue weighted by atomic mass is 19.4. The van der Waals surface area contributed by atoms with Crippen LogP contribution < -0.4 is 5.32 Å². The van der Waals surface area contributed by atoms with E-state index in [9.17, 15) is 22.0 Å². The van der Waals surface area contributed by atoms with Gasteiger partial charge >= 0.3 is 6.18 Å². The molecule has 0 radical (unpaired) electrons. The highest BCUT2D eigenvalue weighted by Gasteiger charge is 2.35. The Morgan fingerprint density at radius 3 is 2.35 bits per heavy atom. The molecule has 0 saturated heterocycles. The van der Waals surface area contributed by atoms with Crippen LogP contribution >= 0.6 is 0 Å². The minimum atomic E-state index is -4.79. The second kappa shape index (κ2) is 5.03. The summed E-state index contributed by atoms with van der Waals surface area (Å²) in [6.07, 6.45) is -4.79. The number of nitrogens with one attached hydrogen (secondary N) is 1. The number of hydrogen-bond acceptors (Lipinski definition) is 3. The second-order valence-corrected chi connectivity index (χ2v) is 3.83. The molecule has 0 bridgehead atoms. The lowest BCUT2D eigenvalue weighted by atomic mass is 10.1. The van der Waals surface area contributed by atoms with E-state index in [2.05, 4.69) is 15.3 Å². The highest BCUT2D eigenvalue weighted by molar-refractivity contribution is 5.63. The maximum Gasteiger partial charge on any atom is 0.451 e. The Bertz CT molecular complexity index is 639. The van der Waals surface area contributed by atoms with Gasteiger partial charge in [0, 0.05) is 18.7 Å². The van der Waals surface area contributed by atoms with Crippen LogP contribution in [-0.4, -0.2) is 17.0 Å². The lowest BCUT2D eigenvalue weighted by Crippen LogP contribution is -2.13. The zero-order chi connectivity index (χ0) is 14.9. The van der Waals surface area contributed by atoms with E-state index in [1.54, 1.807) is 0 Å². The minimum Gasteiger partial charge on any atom is -0.373 e. The Kier molecular flexibility index (Phi) is 3.56. The summed E-state index contributed by atoms with van der Waals surface area (Å²) in [5, 5.41) is 2.42. The van der Waals surface area contributed by atoms with Crippen molar-refractivity contribution < 1.29 is 22.0 Å². The number of halogens is 5. The quantitative estimate of drug-likeness (QED) is 0.860. The maximum absolute atomic E-state index is 13.6. The molecule has 0 amide bonds. The topological polar surface area (TPSA) is 37.8 Å². The van der Waals surface area contributed by atoms with Crippen LogP contribution in [0.25, 0.3) is 11.3 Å². The van der Waals surface area contributed by atoms with Crippen molar-refractivity contribution in [1.29, 1.82) is 0 Å². The number of benzene rings is 1. The number of hydrogen-bond donors (Lipinski definition) is 1. The molecule has 2 aromatic rings. The fourth-order valence-electron chi connectivity index (χ4n) is 1.53. The Hall–Kier alpha value is -2.25. The first-order valence-electron chi connectivity index (χ1n) is 5.40. The van der Waals surface area contributed by atoms with Crippen molar-refractivity contribution in [2.75, 3.05) is 12.4 Å². The number of rotatable bonds is 2. The SMILES string of the molecule is CNc1cc(-c2cc(F)ccc2F)nc(C(F)(F)F)n1. The standard InChI is InChI=1S/C12H8F5N3/c1-18-10-5-9(19-11(20-10)12(15,16)17)7-4-6(13)2-3-8(7)14/h2-5H,1H3,(H,18,19,20). The van der Waals surface area contributed by atoms with Gasteiger partial charge in [-0.3, -0.25) is 0 Å². The molecular formula is C12H8F5N3. The molecule has 1 heterocycles. The van der Waals surface area contributed by atoms with Crippen LogP contribution in [0.4, 0.5) is 27.8 Å². The van der Waals surface area contributed by atoms with Crippen molar-refractivity contribution in [3.05, 3.63) is 41.7 Å². The Balaban J connectivity index is 2.64. The molecule has 0 aliphatic rings. The average molecular weight is 289 g/mol. The molecule has 0 fully saturated rings. The molecule has 3 nitrogen and oxygen atoms in total. The van der Waals surface area contributed by atoms with Crippen LogP contribution in [0, 0.1) is 11.6 Å². The first kappa shape index (κ1) is 14.2. The largest absolute Gasteiger partial charge is 0.451 e. The maximum atomic E-state index is 13.6. The van der Waals surface area contributed by atoms with Gasteiger partial charge in [-0.1, -0.05) is 0 Å². The zero-order valence-corrected chi connectivity index (χ0v) is 10.1. The van der Waals surface area contributed by atoms with Gasteiger partial charge in [-0.15, -0.1) is 0 Å². The Morgan fingerprint density at radius 2 is 1.75 bits per heavy atom. The molecule has 1 aromatic heterocycles. The monoisotopic (exact) mass is 289 g/mol. The van der Waals surface area contributed by atoms with E-state index < -0.39 is 23.6 Å². The van der Waals surface area contributed by atoms with Gasteiger partial charge in [0.05, 0.1) is 5.69 Å². The van der Waals surface area contributed by atoms with Crippen molar-refractivity contribution in [3.8, 4) is 11.3 Å². The van der Waals surface area contributed by atoms with Gasteiger partial charge in [0.25, 0.3) is 0 Å². The van der Waals surface area contributed by atoms with Crippen LogP contribution in [0.3, 0.4) is 0 Å². The molecular weight excluding hydrogens is 281 g/mol. The molecule has 0 saturated carbocycles. The van der Waals surface area contributed by atoms with E-state index in [1.165, 1.54) is 7.05 Å². The van der Waals surface area contributed by atoms with Crippen LogP contribution in [-0.2, 0) is 6.18 Å². The molecule has 0 atom stereocenters. The first-order valence-corrected chi connectivity index (χ1v) is 5.40. The summed E-state index contributed by atoms with van der Waals surface area (Å²) in [5.74, 6) is -3.23. The molecule has 0 aliphatic carbocycles. The van der Waals surface area contributed by atoms with Crippen molar-refractivity contribution in [2.45, 2.75) is 6.18 Å². The van der Waals surface area contributed by atoms with E-state index in [4.69, 9.17) is 0 Å². The summed E-state index contributed by atoms with van der Waals surface area (Å²) in [6, 6.07) is 3.56. The summed E-state index contributed by atoms with van der Waals surface area (Å²) in [6.45, 7) is 0. The summed E-state index contributed by atoms with van der Waals surface area (Å²) in [7, 11) is 1.36. The van der Waals surface area contributed by atoms with Gasteiger partial charge in [-0.25, -0.2) is 18.7 Å². The van der Waals surface area contributed by atoms with Crippen molar-refractivity contribution in [1.82, 2.24) is 9.97 Å². The van der Waals surface area contributed by atoms with E-state index in [-0.39, 0.29) is 17.1 Å². The highest BCUT2D eigenvalue weighted by Crippen LogP contribution is 2.30. The molecule has 1 N–H and O–H groups in total. The molecule has 2 rings (SSSR count). The van der Waals surface area contributed by atoms with Crippen molar-refractivity contribution >= 4 is 5.82 Å². The Morgan fingerprint density at radius 1 is 1.05 bits per heavy atom. The predicted octanol–water partition coefficient (Wildman–Crippen LogP) is 3.48. The fourth-order valence-corrected chi connectivity index (χ4v) is 1.53. The van der Waals surface area contributed by atoms with Gasteiger partial charge in [0.2, 0.25) is 5.82 Å². The van der Waals surface area contributed by atoms with Crippen molar-refractivity contribution in [2.24, 2.45) is 0 Å². The molecule has 0 spiro atoms. The molecule has 106 valence electrons. The summed E-state index contributed by atoms with van der Waals surface area (Å²) in [4.78, 5) is 6.48. The predicted molar refractivity (Wildman–Crippen MR) is 61.9 cm³/mol. The van der Waals surface area contributed by atoms with Gasteiger partial charge < -0.3 is 5.32 Å². The third-order valence-corrected chi connectivity index (χ3v) is 2.44. The first-order chi connectivity index (χ1) is 9.31. The van der Waals surface area contributed by atoms with Crippen LogP contribution in [0.1, 0.15) is 5.82 Å². The fraction of sp³-hybridized carbons (Fsp3) is 0.167. The lowest BCUT2D eigenvalue weighted by molar-refractivity contribution is -0.144. The van der Waals surface area contributed by atoms with E-state index in [0.29, 0.717) is 0 Å². The molecule has 20 heavy (non-hydrogen) atoms. The van der Waals surface area contributed by atoms with Gasteiger partial charge in [-0.05, 0) is 18.2 Å². The van der Waals surface area contributed by atoms with Gasteiger partial charge in [0.1, 0.15) is 17.5 Å². The van der Waals surface area contributed by atoms with Crippen molar-refractivity contribution in [3.63, 3.8) is 0 Å². The van der Waals surface area contributed by atoms with E-state index in [0.717, 1.165) is 24.3 Å². The minimum absolute atomic E-state index is 0.147. The van der Waals surface area contributed by atoms with Gasteiger partial charge in [0.15, 0.2) is 0 Å².